The van der Waals surface area contributed by atoms with Crippen LogP contribution in [0.25, 0.3) is 0 Å². The first kappa shape index (κ1) is 17.6. The number of hydrogen-bond donors (Lipinski definition) is 0. The number of hydrogen-bond acceptors (Lipinski definition) is 5. The molecule has 1 aromatic carbocycles. The maximum absolute atomic E-state index is 13.2. The smallest absolute Gasteiger partial charge is 0.240 e. The van der Waals surface area contributed by atoms with Crippen LogP contribution in [0.4, 0.5) is 0 Å². The van der Waals surface area contributed by atoms with Crippen molar-refractivity contribution < 1.29 is 23.4 Å². The Morgan fingerprint density at radius 3 is 2.71 bits per heavy atom. The Balaban J connectivity index is 2.10. The molecule has 1 aromatic rings. The van der Waals surface area contributed by atoms with E-state index in [2.05, 4.69) is 22.6 Å². The van der Waals surface area contributed by atoms with E-state index in [9.17, 15) is 13.8 Å². The van der Waals surface area contributed by atoms with Crippen molar-refractivity contribution in [3.63, 3.8) is 0 Å². The molecule has 128 valence electrons. The topological polar surface area (TPSA) is 72.9 Å². The van der Waals surface area contributed by atoms with Gasteiger partial charge >= 0.3 is 0 Å². The maximum Gasteiger partial charge on any atom is 0.240 e. The Kier molecular flexibility index (Phi) is 5.07. The predicted octanol–water partition coefficient (Wildman–Crippen LogP) is 2.25. The fourth-order valence-electron chi connectivity index (χ4n) is 2.75. The summed E-state index contributed by atoms with van der Waals surface area (Å²) < 4.78 is 18.2. The summed E-state index contributed by atoms with van der Waals surface area (Å²) in [4.78, 5) is 30.4. The van der Waals surface area contributed by atoms with Crippen molar-refractivity contribution in [2.45, 2.75) is 23.8 Å². The van der Waals surface area contributed by atoms with Crippen LogP contribution in [0.2, 0.25) is 0 Å². The van der Waals surface area contributed by atoms with Gasteiger partial charge in [-0.05, 0) is 59.5 Å². The fraction of sp³-hybridized carbons (Fsp3) is 0.375. The van der Waals surface area contributed by atoms with E-state index in [1.54, 1.807) is 18.2 Å². The number of hydroxylamine groups is 2. The highest BCUT2D eigenvalue weighted by atomic mass is 127. The minimum Gasteiger partial charge on any atom is -0.480 e. The number of ether oxygens (including phenoxy) is 1. The number of methoxy groups -OCH3 is 1. The van der Waals surface area contributed by atoms with Crippen LogP contribution in [0.15, 0.2) is 34.6 Å². The molecule has 8 heteroatoms. The van der Waals surface area contributed by atoms with Gasteiger partial charge in [-0.3, -0.25) is 18.6 Å². The number of rotatable bonds is 6. The molecule has 1 saturated carbocycles. The van der Waals surface area contributed by atoms with Crippen molar-refractivity contribution in [2.75, 3.05) is 13.4 Å². The number of Topliss-reactive ketones (excluding diaryl/α,β-unsaturated/α-hetero) is 1. The van der Waals surface area contributed by atoms with Crippen LogP contribution in [0.5, 0.6) is 0 Å². The zero-order valence-electron chi connectivity index (χ0n) is 13.2. The lowest BCUT2D eigenvalue weighted by Gasteiger charge is -2.13. The molecule has 2 unspecified atom stereocenters. The Morgan fingerprint density at radius 1 is 1.46 bits per heavy atom. The Bertz CT molecular complexity index is 759. The number of nitrogens with zero attached hydrogens (tertiary/aromatic N) is 1. The Hall–Kier alpha value is -1.26. The molecule has 1 aliphatic carbocycles. The van der Waals surface area contributed by atoms with Gasteiger partial charge in [-0.2, -0.15) is 5.06 Å². The van der Waals surface area contributed by atoms with Gasteiger partial charge in [-0.1, -0.05) is 0 Å². The zero-order chi connectivity index (χ0) is 17.4. The van der Waals surface area contributed by atoms with Crippen LogP contribution in [-0.4, -0.2) is 40.9 Å². The SMILES string of the molecule is COC1=C(C(=O)c2ccc(I)cc2S(C)=O)C(C2CC2)ON1C=O. The predicted molar refractivity (Wildman–Crippen MR) is 95.4 cm³/mol. The molecule has 3 rings (SSSR count). The van der Waals surface area contributed by atoms with Gasteiger partial charge in [-0.25, -0.2) is 0 Å². The van der Waals surface area contributed by atoms with Crippen LogP contribution in [0.1, 0.15) is 23.2 Å². The second-order valence-corrected chi connectivity index (χ2v) is 8.24. The summed E-state index contributed by atoms with van der Waals surface area (Å²) in [5.41, 5.74) is 0.669. The minimum absolute atomic E-state index is 0.110. The zero-order valence-corrected chi connectivity index (χ0v) is 16.1. The summed E-state index contributed by atoms with van der Waals surface area (Å²) in [5.74, 6) is -0.00791. The molecule has 1 heterocycles. The fourth-order valence-corrected chi connectivity index (χ4v) is 4.22. The lowest BCUT2D eigenvalue weighted by molar-refractivity contribution is -0.174. The summed E-state index contributed by atoms with van der Waals surface area (Å²) in [5, 5.41) is 0.964. The lowest BCUT2D eigenvalue weighted by atomic mass is 9.97. The van der Waals surface area contributed by atoms with E-state index in [4.69, 9.17) is 9.57 Å². The van der Waals surface area contributed by atoms with Gasteiger partial charge in [0.05, 0.1) is 28.4 Å². The number of carbonyl (C=O) groups is 2. The Morgan fingerprint density at radius 2 is 2.17 bits per heavy atom. The molecular formula is C16H16INO5S. The van der Waals surface area contributed by atoms with Crippen LogP contribution < -0.4 is 0 Å². The minimum atomic E-state index is -1.31. The summed E-state index contributed by atoms with van der Waals surface area (Å²) >= 11 is 2.11. The first-order chi connectivity index (χ1) is 11.5. The molecule has 2 atom stereocenters. The average Bonchev–Trinajstić information content (AvgIpc) is 3.34. The third kappa shape index (κ3) is 3.14. The van der Waals surface area contributed by atoms with E-state index < -0.39 is 16.9 Å². The molecule has 0 saturated heterocycles. The second kappa shape index (κ2) is 6.93. The van der Waals surface area contributed by atoms with Crippen LogP contribution in [0, 0.1) is 9.49 Å². The maximum atomic E-state index is 13.2. The standard InChI is InChI=1S/C16H16INO5S/c1-22-16-13(15(9-3-4-9)23-18(16)8-19)14(20)11-6-5-10(17)7-12(11)24(2)21/h5-9,15H,3-4H2,1-2H3. The van der Waals surface area contributed by atoms with Crippen molar-refractivity contribution in [3.05, 3.63) is 38.8 Å². The molecule has 0 N–H and O–H groups in total. The summed E-state index contributed by atoms with van der Waals surface area (Å²) in [6.07, 6.45) is 3.39. The number of amides is 1. The van der Waals surface area contributed by atoms with Crippen LogP contribution >= 0.6 is 22.6 Å². The van der Waals surface area contributed by atoms with Crippen molar-refractivity contribution in [3.8, 4) is 0 Å². The van der Waals surface area contributed by atoms with Crippen LogP contribution in [0.3, 0.4) is 0 Å². The highest BCUT2D eigenvalue weighted by molar-refractivity contribution is 14.1. The highest BCUT2D eigenvalue weighted by Crippen LogP contribution is 2.43. The molecule has 24 heavy (non-hydrogen) atoms. The first-order valence-corrected chi connectivity index (χ1v) is 9.98. The van der Waals surface area contributed by atoms with Crippen molar-refractivity contribution in [2.24, 2.45) is 5.92 Å². The molecular weight excluding hydrogens is 445 g/mol. The van der Waals surface area contributed by atoms with E-state index >= 15 is 0 Å². The molecule has 0 aromatic heterocycles. The average molecular weight is 461 g/mol. The van der Waals surface area contributed by atoms with Gasteiger partial charge in [0.1, 0.15) is 6.10 Å². The van der Waals surface area contributed by atoms with E-state index in [-0.39, 0.29) is 17.6 Å². The van der Waals surface area contributed by atoms with Gasteiger partial charge in [0, 0.05) is 15.4 Å². The molecule has 0 bridgehead atoms. The molecule has 0 spiro atoms. The number of halogens is 1. The van der Waals surface area contributed by atoms with Crippen LogP contribution in [-0.2, 0) is 25.2 Å². The molecule has 6 nitrogen and oxygen atoms in total. The quantitative estimate of drug-likeness (QED) is 0.369. The van der Waals surface area contributed by atoms with Crippen molar-refractivity contribution in [1.82, 2.24) is 5.06 Å². The monoisotopic (exact) mass is 461 g/mol. The summed E-state index contributed by atoms with van der Waals surface area (Å²) in [7, 11) is 0.0789. The van der Waals surface area contributed by atoms with E-state index in [1.807, 2.05) is 0 Å². The largest absolute Gasteiger partial charge is 0.480 e. The molecule has 1 aliphatic heterocycles. The van der Waals surface area contributed by atoms with Gasteiger partial charge < -0.3 is 4.74 Å². The molecule has 1 amide bonds. The number of benzene rings is 1. The molecule has 0 radical (unpaired) electrons. The van der Waals surface area contributed by atoms with Crippen molar-refractivity contribution in [1.29, 1.82) is 0 Å². The van der Waals surface area contributed by atoms with Gasteiger partial charge in [-0.15, -0.1) is 0 Å². The number of ketones is 1. The second-order valence-electron chi connectivity index (χ2n) is 5.64. The molecule has 1 fully saturated rings. The summed E-state index contributed by atoms with van der Waals surface area (Å²) in [6.45, 7) is 0. The third-order valence-corrected chi connectivity index (χ3v) is 5.65. The Labute approximate surface area is 155 Å². The highest BCUT2D eigenvalue weighted by Gasteiger charge is 2.47. The number of carbonyl (C=O) groups excluding carboxylic acids is 2. The van der Waals surface area contributed by atoms with Gasteiger partial charge in [0.2, 0.25) is 12.3 Å². The van der Waals surface area contributed by atoms with Crippen molar-refractivity contribution >= 4 is 45.6 Å². The third-order valence-electron chi connectivity index (χ3n) is 4.02. The van der Waals surface area contributed by atoms with Gasteiger partial charge in [0.15, 0.2) is 5.78 Å². The normalized spacial score (nSPS) is 21.8. The first-order valence-electron chi connectivity index (χ1n) is 7.35. The van der Waals surface area contributed by atoms with E-state index in [0.29, 0.717) is 22.4 Å². The summed E-state index contributed by atoms with van der Waals surface area (Å²) in [6, 6.07) is 5.18. The lowest BCUT2D eigenvalue weighted by Crippen LogP contribution is -2.23. The van der Waals surface area contributed by atoms with E-state index in [1.165, 1.54) is 13.4 Å². The van der Waals surface area contributed by atoms with E-state index in [0.717, 1.165) is 21.5 Å². The van der Waals surface area contributed by atoms with Gasteiger partial charge in [0.25, 0.3) is 0 Å². The molecule has 2 aliphatic rings.